The average Bonchev–Trinajstić information content (AvgIpc) is 2.69. The number of Topliss-reactive ketones (excluding diaryl/α,β-unsaturated/α-hetero) is 1. The summed E-state index contributed by atoms with van der Waals surface area (Å²) in [5.41, 5.74) is 1.46. The van der Waals surface area contributed by atoms with E-state index in [1.165, 1.54) is 18.2 Å². The molecule has 0 fully saturated rings. The molecule has 0 spiro atoms. The molecule has 0 saturated carbocycles. The fourth-order valence-electron chi connectivity index (χ4n) is 2.77. The van der Waals surface area contributed by atoms with Gasteiger partial charge in [-0.05, 0) is 54.0 Å². The summed E-state index contributed by atoms with van der Waals surface area (Å²) in [4.78, 5) is 35.3. The molecule has 1 aliphatic heterocycles. The van der Waals surface area contributed by atoms with Crippen LogP contribution < -0.4 is 5.32 Å². The lowest BCUT2D eigenvalue weighted by molar-refractivity contribution is -0.138. The van der Waals surface area contributed by atoms with Gasteiger partial charge in [-0.2, -0.15) is 13.2 Å². The van der Waals surface area contributed by atoms with Crippen molar-refractivity contribution in [3.05, 3.63) is 70.8 Å². The number of aryl methyl sites for hydroxylation is 1. The molecule has 0 unspecified atom stereocenters. The summed E-state index contributed by atoms with van der Waals surface area (Å²) in [6, 6.07) is 9.10. The first-order valence-corrected chi connectivity index (χ1v) is 8.70. The number of alkyl halides is 3. The van der Waals surface area contributed by atoms with Gasteiger partial charge in [0.2, 0.25) is 5.91 Å². The topological polar surface area (TPSA) is 72.5 Å². The maximum Gasteiger partial charge on any atom is 0.416 e. The highest BCUT2D eigenvalue weighted by Gasteiger charge is 2.29. The Labute approximate surface area is 164 Å². The summed E-state index contributed by atoms with van der Waals surface area (Å²) < 4.78 is 42.4. The first-order valence-electron chi connectivity index (χ1n) is 8.70. The number of benzene rings is 2. The standard InChI is InChI=1S/C21H16F3NO4/c22-21(23,24)16-6-1-13(2-7-16)3-10-20(28)29-12-18(26)15-4-8-17-14(11-15)5-9-19(27)25-17/h1-4,6-8,10-11H,5,9,12H2,(H,25,27)/b10-3+. The lowest BCUT2D eigenvalue weighted by Crippen LogP contribution is -2.20. The minimum Gasteiger partial charge on any atom is -0.454 e. The molecule has 2 aromatic carbocycles. The van der Waals surface area contributed by atoms with Crippen molar-refractivity contribution in [1.82, 2.24) is 0 Å². The van der Waals surface area contributed by atoms with Gasteiger partial charge in [-0.25, -0.2) is 4.79 Å². The summed E-state index contributed by atoms with van der Waals surface area (Å²) >= 11 is 0. The summed E-state index contributed by atoms with van der Waals surface area (Å²) in [5, 5.41) is 2.71. The third-order valence-electron chi connectivity index (χ3n) is 4.32. The molecule has 0 radical (unpaired) electrons. The Morgan fingerprint density at radius 3 is 2.48 bits per heavy atom. The molecule has 29 heavy (non-hydrogen) atoms. The second-order valence-corrected chi connectivity index (χ2v) is 6.40. The van der Waals surface area contributed by atoms with E-state index >= 15 is 0 Å². The number of hydrogen-bond donors (Lipinski definition) is 1. The highest BCUT2D eigenvalue weighted by Crippen LogP contribution is 2.29. The molecule has 0 atom stereocenters. The summed E-state index contributed by atoms with van der Waals surface area (Å²) in [5.74, 6) is -1.27. The van der Waals surface area contributed by atoms with E-state index in [4.69, 9.17) is 4.74 Å². The van der Waals surface area contributed by atoms with Gasteiger partial charge in [0.25, 0.3) is 0 Å². The quantitative estimate of drug-likeness (QED) is 0.465. The third-order valence-corrected chi connectivity index (χ3v) is 4.32. The number of esters is 1. The number of hydrogen-bond acceptors (Lipinski definition) is 4. The number of carbonyl (C=O) groups excluding carboxylic acids is 3. The van der Waals surface area contributed by atoms with E-state index in [9.17, 15) is 27.6 Å². The summed E-state index contributed by atoms with van der Waals surface area (Å²) in [6.45, 7) is -0.471. The van der Waals surface area contributed by atoms with Crippen LogP contribution in [0.25, 0.3) is 6.08 Å². The maximum atomic E-state index is 12.5. The van der Waals surface area contributed by atoms with E-state index in [1.807, 2.05) is 0 Å². The van der Waals surface area contributed by atoms with Gasteiger partial charge in [0.05, 0.1) is 5.56 Å². The molecule has 1 heterocycles. The number of carbonyl (C=O) groups is 3. The van der Waals surface area contributed by atoms with Crippen molar-refractivity contribution in [2.75, 3.05) is 11.9 Å². The van der Waals surface area contributed by atoms with Crippen LogP contribution >= 0.6 is 0 Å². The second-order valence-electron chi connectivity index (χ2n) is 6.40. The van der Waals surface area contributed by atoms with E-state index in [-0.39, 0.29) is 5.91 Å². The van der Waals surface area contributed by atoms with Gasteiger partial charge in [0, 0.05) is 23.7 Å². The fourth-order valence-corrected chi connectivity index (χ4v) is 2.77. The van der Waals surface area contributed by atoms with Crippen molar-refractivity contribution < 1.29 is 32.3 Å². The van der Waals surface area contributed by atoms with Gasteiger partial charge in [0.1, 0.15) is 0 Å². The molecule has 0 aliphatic carbocycles. The fraction of sp³-hybridized carbons (Fsp3) is 0.190. The van der Waals surface area contributed by atoms with Crippen molar-refractivity contribution in [2.45, 2.75) is 19.0 Å². The normalized spacial score (nSPS) is 13.7. The van der Waals surface area contributed by atoms with E-state index in [0.717, 1.165) is 23.8 Å². The predicted molar refractivity (Wildman–Crippen MR) is 99.2 cm³/mol. The Bertz CT molecular complexity index is 978. The molecule has 0 bridgehead atoms. The Balaban J connectivity index is 1.54. The van der Waals surface area contributed by atoms with E-state index < -0.39 is 30.1 Å². The van der Waals surface area contributed by atoms with Crippen molar-refractivity contribution in [3.8, 4) is 0 Å². The lowest BCUT2D eigenvalue weighted by atomic mass is 9.99. The number of ether oxygens (including phenoxy) is 1. The van der Waals surface area contributed by atoms with Crippen LogP contribution in [0.5, 0.6) is 0 Å². The van der Waals surface area contributed by atoms with Crippen LogP contribution in [0.3, 0.4) is 0 Å². The molecule has 8 heteroatoms. The smallest absolute Gasteiger partial charge is 0.416 e. The molecule has 1 aliphatic rings. The minimum absolute atomic E-state index is 0.0784. The second kappa shape index (κ2) is 8.30. The number of amides is 1. The predicted octanol–water partition coefficient (Wildman–Crippen LogP) is 4.03. The zero-order valence-corrected chi connectivity index (χ0v) is 15.1. The first-order chi connectivity index (χ1) is 13.7. The number of fused-ring (bicyclic) bond motifs is 1. The van der Waals surface area contributed by atoms with Gasteiger partial charge in [0.15, 0.2) is 12.4 Å². The molecule has 150 valence electrons. The maximum absolute atomic E-state index is 12.5. The number of rotatable bonds is 5. The zero-order valence-electron chi connectivity index (χ0n) is 15.1. The van der Waals surface area contributed by atoms with Crippen LogP contribution in [-0.4, -0.2) is 24.3 Å². The van der Waals surface area contributed by atoms with Crippen molar-refractivity contribution in [1.29, 1.82) is 0 Å². The van der Waals surface area contributed by atoms with Gasteiger partial charge >= 0.3 is 12.1 Å². The number of nitrogens with one attached hydrogen (secondary N) is 1. The van der Waals surface area contributed by atoms with Crippen molar-refractivity contribution >= 4 is 29.4 Å². The lowest BCUT2D eigenvalue weighted by Gasteiger charge is -2.17. The highest BCUT2D eigenvalue weighted by atomic mass is 19.4. The summed E-state index contributed by atoms with van der Waals surface area (Å²) in [6.07, 6.45) is -1.22. The van der Waals surface area contributed by atoms with Crippen LogP contribution in [0.2, 0.25) is 0 Å². The van der Waals surface area contributed by atoms with Crippen molar-refractivity contribution in [2.24, 2.45) is 0 Å². The van der Waals surface area contributed by atoms with Gasteiger partial charge in [-0.15, -0.1) is 0 Å². The molecule has 0 aromatic heterocycles. The molecular formula is C21H16F3NO4. The van der Waals surface area contributed by atoms with Crippen molar-refractivity contribution in [3.63, 3.8) is 0 Å². The average molecular weight is 403 g/mol. The van der Waals surface area contributed by atoms with E-state index in [2.05, 4.69) is 5.32 Å². The largest absolute Gasteiger partial charge is 0.454 e. The molecule has 0 saturated heterocycles. The Kier molecular flexibility index (Phi) is 5.81. The Hall–Kier alpha value is -3.42. The third kappa shape index (κ3) is 5.31. The van der Waals surface area contributed by atoms with E-state index in [1.54, 1.807) is 18.2 Å². The number of halogens is 3. The molecule has 2 aromatic rings. The van der Waals surface area contributed by atoms with Gasteiger partial charge < -0.3 is 10.1 Å². The minimum atomic E-state index is -4.43. The summed E-state index contributed by atoms with van der Waals surface area (Å²) in [7, 11) is 0. The first kappa shape index (κ1) is 20.3. The number of ketones is 1. The Morgan fingerprint density at radius 2 is 1.79 bits per heavy atom. The Morgan fingerprint density at radius 1 is 1.07 bits per heavy atom. The number of anilines is 1. The van der Waals surface area contributed by atoms with Crippen LogP contribution in [-0.2, 0) is 26.9 Å². The monoisotopic (exact) mass is 403 g/mol. The molecule has 5 nitrogen and oxygen atoms in total. The molecule has 1 N–H and O–H groups in total. The van der Waals surface area contributed by atoms with Gasteiger partial charge in [-0.3, -0.25) is 9.59 Å². The van der Waals surface area contributed by atoms with Crippen LogP contribution in [0.15, 0.2) is 48.5 Å². The SMILES string of the molecule is O=C1CCc2cc(C(=O)COC(=O)/C=C/c3ccc(C(F)(F)F)cc3)ccc2N1. The van der Waals surface area contributed by atoms with Crippen LogP contribution in [0.1, 0.15) is 33.5 Å². The van der Waals surface area contributed by atoms with Crippen LogP contribution in [0.4, 0.5) is 18.9 Å². The highest BCUT2D eigenvalue weighted by molar-refractivity contribution is 6.00. The molecular weight excluding hydrogens is 387 g/mol. The zero-order chi connectivity index (χ0) is 21.0. The van der Waals surface area contributed by atoms with Gasteiger partial charge in [-0.1, -0.05) is 12.1 Å². The van der Waals surface area contributed by atoms with E-state index in [0.29, 0.717) is 29.7 Å². The molecule has 3 rings (SSSR count). The molecule has 1 amide bonds. The van der Waals surface area contributed by atoms with Crippen LogP contribution in [0, 0.1) is 0 Å².